The van der Waals surface area contributed by atoms with Gasteiger partial charge in [-0.15, -0.1) is 11.3 Å². The molecule has 1 atom stereocenters. The summed E-state index contributed by atoms with van der Waals surface area (Å²) in [5.74, 6) is 0.588. The first-order valence-electron chi connectivity index (χ1n) is 7.68. The summed E-state index contributed by atoms with van der Waals surface area (Å²) in [4.78, 5) is 12.4. The van der Waals surface area contributed by atoms with Gasteiger partial charge >= 0.3 is 0 Å². The highest BCUT2D eigenvalue weighted by Crippen LogP contribution is 2.36. The zero-order valence-electron chi connectivity index (χ0n) is 13.2. The van der Waals surface area contributed by atoms with Crippen LogP contribution in [0, 0.1) is 17.2 Å². The Morgan fingerprint density at radius 3 is 2.67 bits per heavy atom. The quantitative estimate of drug-likeness (QED) is 0.662. The normalized spacial score (nSPS) is 11.9. The van der Waals surface area contributed by atoms with Crippen molar-refractivity contribution >= 4 is 27.8 Å². The minimum Gasteiger partial charge on any atom is -0.396 e. The second kappa shape index (κ2) is 8.68. The summed E-state index contributed by atoms with van der Waals surface area (Å²) in [7, 11) is 0. The highest BCUT2D eigenvalue weighted by atomic mass is 32.1. The summed E-state index contributed by atoms with van der Waals surface area (Å²) in [5.41, 5.74) is 6.69. The van der Waals surface area contributed by atoms with Gasteiger partial charge in [0.15, 0.2) is 5.78 Å². The summed E-state index contributed by atoms with van der Waals surface area (Å²) < 4.78 is 0. The molecule has 21 heavy (non-hydrogen) atoms. The number of nitrogen functional groups attached to an aromatic ring is 1. The molecule has 5 heteroatoms. The average Bonchev–Trinajstić information content (AvgIpc) is 2.82. The summed E-state index contributed by atoms with van der Waals surface area (Å²) in [6.07, 6.45) is 5.11. The number of hydrogen-bond acceptors (Lipinski definition) is 5. The van der Waals surface area contributed by atoms with Crippen molar-refractivity contribution in [3.8, 4) is 6.07 Å². The average molecular weight is 307 g/mol. The minimum absolute atomic E-state index is 0.0000690. The number of carbonyl (C=O) groups is 1. The van der Waals surface area contributed by atoms with Crippen molar-refractivity contribution in [1.29, 1.82) is 5.26 Å². The van der Waals surface area contributed by atoms with Gasteiger partial charge in [0, 0.05) is 13.0 Å². The van der Waals surface area contributed by atoms with Gasteiger partial charge in [-0.1, -0.05) is 40.0 Å². The molecular weight excluding hydrogens is 282 g/mol. The fourth-order valence-electron chi connectivity index (χ4n) is 2.23. The van der Waals surface area contributed by atoms with Gasteiger partial charge in [-0.25, -0.2) is 0 Å². The molecule has 4 nitrogen and oxygen atoms in total. The van der Waals surface area contributed by atoms with Crippen LogP contribution in [-0.4, -0.2) is 12.3 Å². The fraction of sp³-hybridized carbons (Fsp3) is 0.625. The number of unbranched alkanes of at least 4 members (excludes halogenated alkanes) is 1. The van der Waals surface area contributed by atoms with Crippen LogP contribution in [-0.2, 0) is 0 Å². The molecule has 0 spiro atoms. The third-order valence-electron chi connectivity index (χ3n) is 3.73. The van der Waals surface area contributed by atoms with Gasteiger partial charge < -0.3 is 11.1 Å². The highest BCUT2D eigenvalue weighted by Gasteiger charge is 2.20. The molecule has 0 aliphatic heterocycles. The van der Waals surface area contributed by atoms with Crippen molar-refractivity contribution in [2.75, 3.05) is 17.6 Å². The van der Waals surface area contributed by atoms with E-state index in [0.717, 1.165) is 18.0 Å². The molecule has 1 rings (SSSR count). The second-order valence-corrected chi connectivity index (χ2v) is 6.26. The van der Waals surface area contributed by atoms with Gasteiger partial charge in [-0.3, -0.25) is 4.79 Å². The Morgan fingerprint density at radius 1 is 1.43 bits per heavy atom. The first-order chi connectivity index (χ1) is 10.1. The maximum absolute atomic E-state index is 11.8. The van der Waals surface area contributed by atoms with E-state index in [1.165, 1.54) is 30.6 Å². The number of ketones is 1. The van der Waals surface area contributed by atoms with Gasteiger partial charge in [-0.2, -0.15) is 5.26 Å². The molecule has 116 valence electrons. The van der Waals surface area contributed by atoms with Crippen molar-refractivity contribution in [2.45, 2.75) is 52.9 Å². The van der Waals surface area contributed by atoms with Crippen molar-refractivity contribution in [1.82, 2.24) is 0 Å². The number of rotatable bonds is 9. The van der Waals surface area contributed by atoms with Crippen molar-refractivity contribution in [2.24, 2.45) is 5.92 Å². The van der Waals surface area contributed by atoms with Crippen LogP contribution < -0.4 is 11.1 Å². The lowest BCUT2D eigenvalue weighted by atomic mass is 9.99. The molecule has 3 N–H and O–H groups in total. The number of carbonyl (C=O) groups excluding carboxylic acids is 1. The van der Waals surface area contributed by atoms with Crippen LogP contribution in [0.2, 0.25) is 0 Å². The van der Waals surface area contributed by atoms with E-state index in [0.29, 0.717) is 28.5 Å². The Kier molecular flexibility index (Phi) is 7.24. The third kappa shape index (κ3) is 4.47. The van der Waals surface area contributed by atoms with Crippen LogP contribution in [0.5, 0.6) is 0 Å². The Hall–Kier alpha value is -1.54. The van der Waals surface area contributed by atoms with Gasteiger partial charge in [0.1, 0.15) is 16.6 Å². The Bertz CT molecular complexity index is 516. The number of Topliss-reactive ketones (excluding diaryl/α,β-unsaturated/α-hetero) is 1. The molecule has 0 saturated heterocycles. The fourth-order valence-corrected chi connectivity index (χ4v) is 3.31. The van der Waals surface area contributed by atoms with Crippen LogP contribution in [0.15, 0.2) is 0 Å². The van der Waals surface area contributed by atoms with Gasteiger partial charge in [-0.05, 0) is 12.3 Å². The van der Waals surface area contributed by atoms with Crippen molar-refractivity contribution in [3.63, 3.8) is 0 Å². The van der Waals surface area contributed by atoms with Crippen molar-refractivity contribution in [3.05, 3.63) is 10.4 Å². The number of nitrogens with zero attached hydrogens (tertiary/aromatic N) is 1. The third-order valence-corrected chi connectivity index (χ3v) is 4.93. The summed E-state index contributed by atoms with van der Waals surface area (Å²) in [6.45, 7) is 7.00. The Morgan fingerprint density at radius 2 is 2.14 bits per heavy atom. The number of thiophene rings is 1. The molecule has 0 bridgehead atoms. The first-order valence-corrected chi connectivity index (χ1v) is 8.49. The van der Waals surface area contributed by atoms with E-state index in [2.05, 4.69) is 25.2 Å². The molecule has 0 fully saturated rings. The van der Waals surface area contributed by atoms with Crippen LogP contribution in [0.25, 0.3) is 0 Å². The van der Waals surface area contributed by atoms with E-state index >= 15 is 0 Å². The number of nitriles is 1. The van der Waals surface area contributed by atoms with E-state index in [4.69, 9.17) is 5.73 Å². The van der Waals surface area contributed by atoms with E-state index in [-0.39, 0.29) is 5.78 Å². The molecule has 0 amide bonds. The molecule has 0 saturated carbocycles. The molecule has 0 aliphatic carbocycles. The molecule has 1 unspecified atom stereocenters. The largest absolute Gasteiger partial charge is 0.396 e. The van der Waals surface area contributed by atoms with Gasteiger partial charge in [0.05, 0.1) is 10.6 Å². The van der Waals surface area contributed by atoms with E-state index in [1.54, 1.807) is 6.92 Å². The maximum Gasteiger partial charge on any atom is 0.174 e. The SMILES string of the molecule is CCCCC(CC)CNc1sc(C(=O)CC)c(N)c1C#N. The highest BCUT2D eigenvalue weighted by molar-refractivity contribution is 7.19. The lowest BCUT2D eigenvalue weighted by Crippen LogP contribution is -2.13. The zero-order chi connectivity index (χ0) is 15.8. The van der Waals surface area contributed by atoms with Gasteiger partial charge in [0.2, 0.25) is 0 Å². The van der Waals surface area contributed by atoms with E-state index in [1.807, 2.05) is 0 Å². The van der Waals surface area contributed by atoms with Crippen LogP contribution in [0.4, 0.5) is 10.7 Å². The van der Waals surface area contributed by atoms with Crippen LogP contribution >= 0.6 is 11.3 Å². The molecule has 1 aromatic heterocycles. The molecule has 0 radical (unpaired) electrons. The lowest BCUT2D eigenvalue weighted by molar-refractivity contribution is 0.0993. The molecule has 1 aromatic rings. The zero-order valence-corrected chi connectivity index (χ0v) is 14.0. The molecule has 0 aliphatic rings. The number of hydrogen-bond donors (Lipinski definition) is 2. The van der Waals surface area contributed by atoms with E-state index < -0.39 is 0 Å². The second-order valence-electron chi connectivity index (χ2n) is 5.23. The standard InChI is InChI=1S/C16H25N3OS/c1-4-7-8-11(5-2)10-19-16-12(9-17)14(18)15(21-16)13(20)6-3/h11,19H,4-8,10,18H2,1-3H3. The minimum atomic E-state index is 0.0000690. The number of nitrogens with one attached hydrogen (secondary N) is 1. The number of nitrogens with two attached hydrogens (primary N) is 1. The summed E-state index contributed by atoms with van der Waals surface area (Å²) in [6, 6.07) is 2.12. The summed E-state index contributed by atoms with van der Waals surface area (Å²) >= 11 is 1.31. The van der Waals surface area contributed by atoms with E-state index in [9.17, 15) is 10.1 Å². The monoisotopic (exact) mass is 307 g/mol. The predicted octanol–water partition coefficient (Wildman–Crippen LogP) is 4.42. The van der Waals surface area contributed by atoms with Crippen LogP contribution in [0.3, 0.4) is 0 Å². The maximum atomic E-state index is 11.8. The predicted molar refractivity (Wildman–Crippen MR) is 89.9 cm³/mol. The first kappa shape index (κ1) is 17.5. The molecule has 1 heterocycles. The summed E-state index contributed by atoms with van der Waals surface area (Å²) in [5, 5.41) is 13.3. The topological polar surface area (TPSA) is 78.9 Å². The lowest BCUT2D eigenvalue weighted by Gasteiger charge is -2.15. The molecule has 0 aromatic carbocycles. The molecular formula is C16H25N3OS. The number of anilines is 2. The van der Waals surface area contributed by atoms with Crippen molar-refractivity contribution < 1.29 is 4.79 Å². The van der Waals surface area contributed by atoms with Gasteiger partial charge in [0.25, 0.3) is 0 Å². The Balaban J connectivity index is 2.83. The Labute approximate surface area is 131 Å². The smallest absolute Gasteiger partial charge is 0.174 e. The van der Waals surface area contributed by atoms with Crippen LogP contribution in [0.1, 0.15) is 68.1 Å².